The molecular weight excluding hydrogens is 149 g/mol. The number of hydrogen-bond acceptors (Lipinski definition) is 1. The molecule has 0 aromatic heterocycles. The maximum Gasteiger partial charge on any atom is 0.397 e. The van der Waals surface area contributed by atoms with Gasteiger partial charge in [0, 0.05) is 5.25 Å². The molecule has 0 aromatic carbocycles. The Morgan fingerprint density at radius 2 is 1.89 bits per heavy atom. The summed E-state index contributed by atoms with van der Waals surface area (Å²) in [6.07, 6.45) is -2.21. The SMILES string of the molecule is FC(F)(F)CS[C]1CC1. The zero-order valence-corrected chi connectivity index (χ0v) is 5.48. The van der Waals surface area contributed by atoms with Crippen LogP contribution >= 0.6 is 11.8 Å². The second-order valence-electron chi connectivity index (χ2n) is 1.94. The van der Waals surface area contributed by atoms with E-state index in [1.54, 1.807) is 0 Å². The lowest BCUT2D eigenvalue weighted by Gasteiger charge is -2.02. The number of alkyl halides is 3. The smallest absolute Gasteiger partial charge is 0.170 e. The molecular formula is C5H6F3S. The number of hydrogen-bond donors (Lipinski definition) is 0. The van der Waals surface area contributed by atoms with E-state index in [-0.39, 0.29) is 0 Å². The third-order valence-corrected chi connectivity index (χ3v) is 2.18. The third kappa shape index (κ3) is 3.67. The fourth-order valence-electron chi connectivity index (χ4n) is 0.379. The zero-order chi connectivity index (χ0) is 6.91. The summed E-state index contributed by atoms with van der Waals surface area (Å²) in [4.78, 5) is 0. The van der Waals surface area contributed by atoms with Gasteiger partial charge in [0.1, 0.15) is 0 Å². The summed E-state index contributed by atoms with van der Waals surface area (Å²) in [6.45, 7) is 0. The Bertz CT molecular complexity index is 94.9. The first-order valence-corrected chi connectivity index (χ1v) is 3.61. The Kier molecular flexibility index (Phi) is 1.94. The average molecular weight is 155 g/mol. The third-order valence-electron chi connectivity index (χ3n) is 0.894. The Morgan fingerprint density at radius 1 is 1.33 bits per heavy atom. The van der Waals surface area contributed by atoms with Gasteiger partial charge in [0.15, 0.2) is 0 Å². The molecule has 53 valence electrons. The zero-order valence-electron chi connectivity index (χ0n) is 4.66. The largest absolute Gasteiger partial charge is 0.397 e. The summed E-state index contributed by atoms with van der Waals surface area (Å²) in [5, 5.41) is 0.993. The molecule has 0 nitrogen and oxygen atoms in total. The minimum atomic E-state index is -3.99. The van der Waals surface area contributed by atoms with Crippen LogP contribution < -0.4 is 0 Å². The van der Waals surface area contributed by atoms with Crippen molar-refractivity contribution in [1.29, 1.82) is 0 Å². The summed E-state index contributed by atoms with van der Waals surface area (Å²) in [5.74, 6) is -0.706. The van der Waals surface area contributed by atoms with Crippen LogP contribution in [0.5, 0.6) is 0 Å². The Labute approximate surface area is 55.8 Å². The molecule has 1 rings (SSSR count). The van der Waals surface area contributed by atoms with Gasteiger partial charge < -0.3 is 0 Å². The molecule has 0 heterocycles. The highest BCUT2D eigenvalue weighted by Gasteiger charge is 2.32. The molecule has 1 aliphatic rings. The maximum absolute atomic E-state index is 11.4. The molecule has 0 amide bonds. The first-order chi connectivity index (χ1) is 4.08. The minimum absolute atomic E-state index is 0.706. The Hall–Kier alpha value is 0.140. The first-order valence-electron chi connectivity index (χ1n) is 2.62. The summed E-state index contributed by atoms with van der Waals surface area (Å²) in [6, 6.07) is 0. The molecule has 0 N–H and O–H groups in total. The Balaban J connectivity index is 2.03. The average Bonchev–Trinajstić information content (AvgIpc) is 2.38. The lowest BCUT2D eigenvalue weighted by molar-refractivity contribution is -0.105. The molecule has 1 fully saturated rings. The molecule has 1 saturated carbocycles. The van der Waals surface area contributed by atoms with E-state index in [0.29, 0.717) is 0 Å². The highest BCUT2D eigenvalue weighted by molar-refractivity contribution is 8.02. The van der Waals surface area contributed by atoms with Gasteiger partial charge in [0.05, 0.1) is 5.75 Å². The maximum atomic E-state index is 11.4. The van der Waals surface area contributed by atoms with Crippen LogP contribution in [-0.4, -0.2) is 11.9 Å². The summed E-state index contributed by atoms with van der Waals surface area (Å²) in [7, 11) is 0. The van der Waals surface area contributed by atoms with E-state index in [1.165, 1.54) is 0 Å². The molecule has 0 aromatic rings. The van der Waals surface area contributed by atoms with Crippen LogP contribution in [0.15, 0.2) is 0 Å². The molecule has 0 aliphatic heterocycles. The fourth-order valence-corrected chi connectivity index (χ4v) is 1.14. The van der Waals surface area contributed by atoms with Gasteiger partial charge in [0.25, 0.3) is 0 Å². The van der Waals surface area contributed by atoms with Crippen LogP contribution in [0.1, 0.15) is 12.8 Å². The summed E-state index contributed by atoms with van der Waals surface area (Å²) >= 11 is 0.941. The molecule has 1 aliphatic carbocycles. The Morgan fingerprint density at radius 3 is 2.22 bits per heavy atom. The van der Waals surface area contributed by atoms with Gasteiger partial charge in [-0.05, 0) is 12.8 Å². The van der Waals surface area contributed by atoms with Crippen LogP contribution in [0.4, 0.5) is 13.2 Å². The molecule has 9 heavy (non-hydrogen) atoms. The second kappa shape index (κ2) is 2.40. The quantitative estimate of drug-likeness (QED) is 0.590. The number of rotatable bonds is 2. The molecule has 0 atom stereocenters. The van der Waals surface area contributed by atoms with Crippen molar-refractivity contribution in [3.8, 4) is 0 Å². The van der Waals surface area contributed by atoms with Crippen molar-refractivity contribution in [1.82, 2.24) is 0 Å². The van der Waals surface area contributed by atoms with Crippen LogP contribution in [0.3, 0.4) is 0 Å². The van der Waals surface area contributed by atoms with E-state index >= 15 is 0 Å². The summed E-state index contributed by atoms with van der Waals surface area (Å²) in [5.41, 5.74) is 0. The molecule has 0 unspecified atom stereocenters. The standard InChI is InChI=1S/C5H6F3S/c6-5(7,8)3-9-4-1-2-4/h1-3H2. The second-order valence-corrected chi connectivity index (χ2v) is 3.10. The van der Waals surface area contributed by atoms with Crippen molar-refractivity contribution < 1.29 is 13.2 Å². The van der Waals surface area contributed by atoms with Crippen molar-refractivity contribution >= 4 is 11.8 Å². The van der Waals surface area contributed by atoms with Crippen LogP contribution in [0, 0.1) is 5.25 Å². The van der Waals surface area contributed by atoms with Crippen molar-refractivity contribution in [3.05, 3.63) is 5.25 Å². The van der Waals surface area contributed by atoms with Crippen molar-refractivity contribution in [3.63, 3.8) is 0 Å². The monoisotopic (exact) mass is 155 g/mol. The minimum Gasteiger partial charge on any atom is -0.170 e. The van der Waals surface area contributed by atoms with Crippen LogP contribution in [-0.2, 0) is 0 Å². The molecule has 1 radical (unpaired) electrons. The molecule has 4 heteroatoms. The topological polar surface area (TPSA) is 0 Å². The number of halogens is 3. The van der Waals surface area contributed by atoms with E-state index in [1.807, 2.05) is 0 Å². The van der Waals surface area contributed by atoms with Crippen LogP contribution in [0.2, 0.25) is 0 Å². The molecule has 0 saturated heterocycles. The molecule has 0 spiro atoms. The van der Waals surface area contributed by atoms with Crippen LogP contribution in [0.25, 0.3) is 0 Å². The van der Waals surface area contributed by atoms with E-state index in [0.717, 1.165) is 29.9 Å². The number of thioether (sulfide) groups is 1. The lowest BCUT2D eigenvalue weighted by Crippen LogP contribution is -2.10. The predicted octanol–water partition coefficient (Wildman–Crippen LogP) is 2.61. The van der Waals surface area contributed by atoms with E-state index in [4.69, 9.17) is 0 Å². The van der Waals surface area contributed by atoms with Gasteiger partial charge in [-0.15, -0.1) is 11.8 Å². The lowest BCUT2D eigenvalue weighted by atomic mass is 10.8. The van der Waals surface area contributed by atoms with Crippen molar-refractivity contribution in [2.24, 2.45) is 0 Å². The first kappa shape index (κ1) is 7.25. The van der Waals surface area contributed by atoms with Gasteiger partial charge in [-0.3, -0.25) is 0 Å². The highest BCUT2D eigenvalue weighted by Crippen LogP contribution is 2.44. The van der Waals surface area contributed by atoms with Gasteiger partial charge in [-0.2, -0.15) is 13.2 Å². The van der Waals surface area contributed by atoms with Crippen molar-refractivity contribution in [2.75, 3.05) is 5.75 Å². The van der Waals surface area contributed by atoms with E-state index in [2.05, 4.69) is 0 Å². The van der Waals surface area contributed by atoms with E-state index < -0.39 is 11.9 Å². The van der Waals surface area contributed by atoms with E-state index in [9.17, 15) is 13.2 Å². The molecule has 0 bridgehead atoms. The van der Waals surface area contributed by atoms with Gasteiger partial charge >= 0.3 is 6.18 Å². The normalized spacial score (nSPS) is 20.3. The van der Waals surface area contributed by atoms with Gasteiger partial charge in [-0.25, -0.2) is 0 Å². The van der Waals surface area contributed by atoms with Gasteiger partial charge in [-0.1, -0.05) is 0 Å². The summed E-state index contributed by atoms with van der Waals surface area (Å²) < 4.78 is 34.2. The van der Waals surface area contributed by atoms with Crippen molar-refractivity contribution in [2.45, 2.75) is 19.0 Å². The van der Waals surface area contributed by atoms with Gasteiger partial charge in [0.2, 0.25) is 0 Å². The highest BCUT2D eigenvalue weighted by atomic mass is 32.2. The predicted molar refractivity (Wildman–Crippen MR) is 31.0 cm³/mol. The fraction of sp³-hybridized carbons (Fsp3) is 0.800.